The molecule has 6 heteroatoms. The van der Waals surface area contributed by atoms with E-state index in [1.165, 1.54) is 21.5 Å². The average molecular weight is 705 g/mol. The lowest BCUT2D eigenvalue weighted by Gasteiger charge is -2.13. The number of benzene rings is 8. The van der Waals surface area contributed by atoms with Crippen molar-refractivity contribution in [1.82, 2.24) is 19.5 Å². The van der Waals surface area contributed by atoms with Gasteiger partial charge in [0.25, 0.3) is 0 Å². The quantitative estimate of drug-likeness (QED) is 0.182. The van der Waals surface area contributed by atoms with E-state index < -0.39 is 0 Å². The van der Waals surface area contributed by atoms with Crippen molar-refractivity contribution in [3.05, 3.63) is 170 Å². The van der Waals surface area contributed by atoms with Gasteiger partial charge in [0.15, 0.2) is 17.5 Å². The van der Waals surface area contributed by atoms with Crippen LogP contribution in [0.2, 0.25) is 0 Å². The van der Waals surface area contributed by atoms with Crippen LogP contribution in [0.5, 0.6) is 0 Å². The van der Waals surface area contributed by atoms with Gasteiger partial charge in [-0.25, -0.2) is 15.0 Å². The zero-order chi connectivity index (χ0) is 36.0. The van der Waals surface area contributed by atoms with Crippen molar-refractivity contribution in [1.29, 1.82) is 0 Å². The van der Waals surface area contributed by atoms with E-state index in [9.17, 15) is 0 Å². The van der Waals surface area contributed by atoms with Crippen molar-refractivity contribution < 1.29 is 8.83 Å². The van der Waals surface area contributed by atoms with Gasteiger partial charge >= 0.3 is 0 Å². The van der Waals surface area contributed by atoms with E-state index in [2.05, 4.69) is 102 Å². The second kappa shape index (κ2) is 11.5. The predicted molar refractivity (Wildman–Crippen MR) is 223 cm³/mol. The molecule has 6 nitrogen and oxygen atoms in total. The fourth-order valence-electron chi connectivity index (χ4n) is 8.37. The molecular weight excluding hydrogens is 677 g/mol. The van der Waals surface area contributed by atoms with Crippen LogP contribution in [0.25, 0.3) is 116 Å². The maximum absolute atomic E-state index is 6.66. The molecule has 0 amide bonds. The Balaban J connectivity index is 1.16. The fourth-order valence-corrected chi connectivity index (χ4v) is 8.37. The lowest BCUT2D eigenvalue weighted by molar-refractivity contribution is 0.668. The minimum Gasteiger partial charge on any atom is -0.456 e. The van der Waals surface area contributed by atoms with E-state index in [0.717, 1.165) is 77.3 Å². The normalized spacial score (nSPS) is 12.0. The van der Waals surface area contributed by atoms with Gasteiger partial charge < -0.3 is 13.4 Å². The summed E-state index contributed by atoms with van der Waals surface area (Å²) in [6, 6.07) is 58.6. The number of para-hydroxylation sites is 3. The maximum atomic E-state index is 6.66. The molecule has 12 rings (SSSR count). The van der Waals surface area contributed by atoms with Gasteiger partial charge in [0, 0.05) is 55.1 Å². The second-order valence-electron chi connectivity index (χ2n) is 14.0. The Morgan fingerprint density at radius 2 is 1.00 bits per heavy atom. The van der Waals surface area contributed by atoms with Crippen LogP contribution < -0.4 is 0 Å². The summed E-state index contributed by atoms with van der Waals surface area (Å²) >= 11 is 0. The number of hydrogen-bond acceptors (Lipinski definition) is 5. The minimum atomic E-state index is 0.554. The Morgan fingerprint density at radius 3 is 1.85 bits per heavy atom. The van der Waals surface area contributed by atoms with Gasteiger partial charge in [-0.15, -0.1) is 0 Å². The first kappa shape index (κ1) is 29.9. The molecule has 0 radical (unpaired) electrons. The lowest BCUT2D eigenvalue weighted by Crippen LogP contribution is -2.01. The van der Waals surface area contributed by atoms with E-state index in [1.807, 2.05) is 72.8 Å². The number of fused-ring (bicyclic) bond motifs is 11. The van der Waals surface area contributed by atoms with Crippen molar-refractivity contribution in [3.63, 3.8) is 0 Å². The fraction of sp³-hybridized carbons (Fsp3) is 0. The second-order valence-corrected chi connectivity index (χ2v) is 14.0. The summed E-state index contributed by atoms with van der Waals surface area (Å²) in [7, 11) is 0. The van der Waals surface area contributed by atoms with Gasteiger partial charge in [0.2, 0.25) is 0 Å². The molecule has 4 heterocycles. The summed E-state index contributed by atoms with van der Waals surface area (Å²) in [5.74, 6) is 1.69. The topological polar surface area (TPSA) is 69.9 Å². The third-order valence-electron chi connectivity index (χ3n) is 10.8. The number of hydrogen-bond donors (Lipinski definition) is 0. The van der Waals surface area contributed by atoms with Gasteiger partial charge in [-0.2, -0.15) is 0 Å². The van der Waals surface area contributed by atoms with Crippen LogP contribution in [0, 0.1) is 0 Å². The molecule has 256 valence electrons. The molecule has 0 aliphatic rings. The van der Waals surface area contributed by atoms with Crippen molar-refractivity contribution in [3.8, 4) is 39.9 Å². The summed E-state index contributed by atoms with van der Waals surface area (Å²) in [4.78, 5) is 15.6. The third kappa shape index (κ3) is 4.52. The molecule has 0 atom stereocenters. The number of rotatable bonds is 4. The number of aromatic nitrogens is 4. The van der Waals surface area contributed by atoms with Crippen LogP contribution >= 0.6 is 0 Å². The van der Waals surface area contributed by atoms with Crippen LogP contribution in [0.1, 0.15) is 0 Å². The molecule has 0 bridgehead atoms. The molecule has 0 unspecified atom stereocenters. The maximum Gasteiger partial charge on any atom is 0.164 e. The van der Waals surface area contributed by atoms with Crippen molar-refractivity contribution in [2.75, 3.05) is 0 Å². The zero-order valence-electron chi connectivity index (χ0n) is 29.3. The molecular formula is C49H28N4O2. The molecule has 4 aromatic heterocycles. The molecule has 0 saturated carbocycles. The number of nitrogens with zero attached hydrogens (tertiary/aromatic N) is 4. The van der Waals surface area contributed by atoms with Gasteiger partial charge in [-0.1, -0.05) is 121 Å². The molecule has 8 aromatic carbocycles. The van der Waals surface area contributed by atoms with E-state index in [1.54, 1.807) is 0 Å². The summed E-state index contributed by atoms with van der Waals surface area (Å²) in [5.41, 5.74) is 8.96. The Kier molecular flexibility index (Phi) is 6.24. The van der Waals surface area contributed by atoms with Crippen molar-refractivity contribution >= 4 is 76.5 Å². The Bertz CT molecular complexity index is 3500. The molecule has 0 aliphatic heterocycles. The van der Waals surface area contributed by atoms with Crippen LogP contribution in [0.3, 0.4) is 0 Å². The van der Waals surface area contributed by atoms with Crippen molar-refractivity contribution in [2.45, 2.75) is 0 Å². The van der Waals surface area contributed by atoms with Gasteiger partial charge in [0.05, 0.1) is 16.7 Å². The highest BCUT2D eigenvalue weighted by molar-refractivity contribution is 6.21. The molecule has 0 N–H and O–H groups in total. The monoisotopic (exact) mass is 704 g/mol. The van der Waals surface area contributed by atoms with E-state index in [4.69, 9.17) is 23.8 Å². The highest BCUT2D eigenvalue weighted by Crippen LogP contribution is 2.42. The third-order valence-corrected chi connectivity index (χ3v) is 10.8. The first-order chi connectivity index (χ1) is 27.2. The van der Waals surface area contributed by atoms with Crippen LogP contribution in [-0.2, 0) is 0 Å². The van der Waals surface area contributed by atoms with Crippen LogP contribution in [0.4, 0.5) is 0 Å². The van der Waals surface area contributed by atoms with E-state index in [0.29, 0.717) is 17.5 Å². The number of furan rings is 2. The standard InChI is InChI=1S/C49H28N4O2/c1-2-13-30(14-3-1)47-50-48(31-22-24-35-34-16-7-10-20-41(34)54-43(35)26-31)52-49(51-47)38-27-32(28-44-46(38)37-18-8-11-21-42(37)55-44)53-39-19-9-6-17-36(39)45-33-15-5-4-12-29(33)23-25-40(45)53/h1-28H. The first-order valence-electron chi connectivity index (χ1n) is 18.4. The Hall–Kier alpha value is -7.57. The van der Waals surface area contributed by atoms with E-state index >= 15 is 0 Å². The van der Waals surface area contributed by atoms with Gasteiger partial charge in [-0.05, 0) is 53.2 Å². The highest BCUT2D eigenvalue weighted by Gasteiger charge is 2.22. The first-order valence-corrected chi connectivity index (χ1v) is 18.4. The summed E-state index contributed by atoms with van der Waals surface area (Å²) in [6.45, 7) is 0. The lowest BCUT2D eigenvalue weighted by atomic mass is 10.0. The molecule has 0 spiro atoms. The predicted octanol–water partition coefficient (Wildman–Crippen LogP) is 12.9. The van der Waals surface area contributed by atoms with Gasteiger partial charge in [0.1, 0.15) is 22.3 Å². The SMILES string of the molecule is c1ccc(-c2nc(-c3ccc4c(c3)oc3ccccc34)nc(-c3cc(-n4c5ccccc5c5c6ccccc6ccc54)cc4oc5ccccc5c34)n2)cc1. The summed E-state index contributed by atoms with van der Waals surface area (Å²) in [5, 5.41) is 8.91. The van der Waals surface area contributed by atoms with E-state index in [-0.39, 0.29) is 0 Å². The smallest absolute Gasteiger partial charge is 0.164 e. The molecule has 55 heavy (non-hydrogen) atoms. The average Bonchev–Trinajstić information content (AvgIpc) is 3.93. The highest BCUT2D eigenvalue weighted by atomic mass is 16.3. The minimum absolute atomic E-state index is 0.554. The van der Waals surface area contributed by atoms with Crippen LogP contribution in [-0.4, -0.2) is 19.5 Å². The summed E-state index contributed by atoms with van der Waals surface area (Å²) in [6.07, 6.45) is 0. The molecule has 0 saturated heterocycles. The van der Waals surface area contributed by atoms with Crippen LogP contribution in [0.15, 0.2) is 179 Å². The summed E-state index contributed by atoms with van der Waals surface area (Å²) < 4.78 is 15.3. The van der Waals surface area contributed by atoms with Crippen molar-refractivity contribution in [2.24, 2.45) is 0 Å². The molecule has 12 aromatic rings. The molecule has 0 aliphatic carbocycles. The largest absolute Gasteiger partial charge is 0.456 e. The zero-order valence-corrected chi connectivity index (χ0v) is 29.3. The van der Waals surface area contributed by atoms with Gasteiger partial charge in [-0.3, -0.25) is 0 Å². The Morgan fingerprint density at radius 1 is 0.364 bits per heavy atom. The Labute approximate surface area is 313 Å². The molecule has 0 fully saturated rings.